The highest BCUT2D eigenvalue weighted by molar-refractivity contribution is 5.36. The Morgan fingerprint density at radius 3 is 0.902 bits per heavy atom. The molecule has 0 heteroatoms. The van der Waals surface area contributed by atoms with Gasteiger partial charge in [-0.2, -0.15) is 0 Å². The summed E-state index contributed by atoms with van der Waals surface area (Å²) in [4.78, 5) is 0. The fourth-order valence-electron chi connectivity index (χ4n) is 6.67. The first-order valence-electron chi connectivity index (χ1n) is 19.2. The number of hydrogen-bond donors (Lipinski definition) is 0. The minimum Gasteiger partial charge on any atom is -0.0654 e. The van der Waals surface area contributed by atoms with E-state index in [0.29, 0.717) is 0 Å². The second-order valence-corrected chi connectivity index (χ2v) is 13.4. The topological polar surface area (TPSA) is 0 Å². The van der Waals surface area contributed by atoms with Crippen molar-refractivity contribution in [1.29, 1.82) is 0 Å². The van der Waals surface area contributed by atoms with Crippen LogP contribution in [0.2, 0.25) is 0 Å². The summed E-state index contributed by atoms with van der Waals surface area (Å²) in [5, 5.41) is 0. The van der Waals surface area contributed by atoms with Crippen molar-refractivity contribution in [3.8, 4) is 0 Å². The van der Waals surface area contributed by atoms with E-state index in [1.807, 2.05) is 0 Å². The number of aryl methyl sites for hydroxylation is 2. The third kappa shape index (κ3) is 23.4. The Kier molecular flexibility index (Phi) is 28.6. The minimum atomic E-state index is 1.03. The molecule has 41 heavy (non-hydrogen) atoms. The van der Waals surface area contributed by atoms with Crippen LogP contribution < -0.4 is 0 Å². The van der Waals surface area contributed by atoms with E-state index in [4.69, 9.17) is 0 Å². The molecule has 0 fully saturated rings. The Morgan fingerprint density at radius 2 is 0.634 bits per heavy atom. The lowest BCUT2D eigenvalue weighted by molar-refractivity contribution is 0.535. The zero-order valence-electron chi connectivity index (χ0n) is 28.6. The van der Waals surface area contributed by atoms with E-state index in [1.54, 1.807) is 16.7 Å². The molecule has 1 aromatic carbocycles. The summed E-state index contributed by atoms with van der Waals surface area (Å²) in [6.07, 6.45) is 45.1. The molecule has 0 aliphatic heterocycles. The van der Waals surface area contributed by atoms with Gasteiger partial charge in [0, 0.05) is 0 Å². The summed E-state index contributed by atoms with van der Waals surface area (Å²) >= 11 is 0. The zero-order chi connectivity index (χ0) is 29.5. The fraction of sp³-hybridized carbons (Fsp3) is 0.829. The highest BCUT2D eigenvalue weighted by atomic mass is 14.1. The van der Waals surface area contributed by atoms with E-state index in [0.717, 1.165) is 6.42 Å². The molecule has 0 spiro atoms. The molecule has 0 atom stereocenters. The summed E-state index contributed by atoms with van der Waals surface area (Å²) in [7, 11) is 0. The molecule has 1 radical (unpaired) electrons. The molecule has 0 saturated heterocycles. The standard InChI is InChI=1S/C41H75/c1-4-7-9-11-13-15-17-19-21-23-25-27-29-31-35-39-37-33-38-40(41(39)34-6-3)36-32-30-28-26-24-22-20-18-16-14-12-10-8-5-2/h33,37-38H,3-32,34-36H2,1-2H3. The maximum absolute atomic E-state index is 4.21. The molecule has 0 N–H and O–H groups in total. The van der Waals surface area contributed by atoms with Gasteiger partial charge in [0.25, 0.3) is 0 Å². The van der Waals surface area contributed by atoms with Gasteiger partial charge in [-0.05, 0) is 55.2 Å². The van der Waals surface area contributed by atoms with Crippen molar-refractivity contribution in [3.63, 3.8) is 0 Å². The van der Waals surface area contributed by atoms with Gasteiger partial charge in [0.15, 0.2) is 0 Å². The molecule has 0 aromatic heterocycles. The average Bonchev–Trinajstić information content (AvgIpc) is 2.98. The molecule has 0 unspecified atom stereocenters. The molecular formula is C41H75. The predicted octanol–water partition coefficient (Wildman–Crippen LogP) is 14.5. The number of hydrogen-bond acceptors (Lipinski definition) is 0. The zero-order valence-corrected chi connectivity index (χ0v) is 28.6. The van der Waals surface area contributed by atoms with Gasteiger partial charge < -0.3 is 0 Å². The Balaban J connectivity index is 2.08. The molecule has 0 heterocycles. The molecule has 0 bridgehead atoms. The first-order valence-corrected chi connectivity index (χ1v) is 19.2. The lowest BCUT2D eigenvalue weighted by Gasteiger charge is -2.15. The van der Waals surface area contributed by atoms with Gasteiger partial charge in [0.1, 0.15) is 0 Å². The van der Waals surface area contributed by atoms with Crippen molar-refractivity contribution in [2.75, 3.05) is 0 Å². The highest BCUT2D eigenvalue weighted by Crippen LogP contribution is 2.23. The fourth-order valence-corrected chi connectivity index (χ4v) is 6.67. The maximum atomic E-state index is 4.21. The molecule has 1 rings (SSSR count). The molecule has 0 saturated carbocycles. The first kappa shape index (κ1) is 38.2. The summed E-state index contributed by atoms with van der Waals surface area (Å²) in [5.41, 5.74) is 4.93. The van der Waals surface area contributed by atoms with Crippen molar-refractivity contribution in [3.05, 3.63) is 41.8 Å². The van der Waals surface area contributed by atoms with E-state index < -0.39 is 0 Å². The van der Waals surface area contributed by atoms with Crippen LogP contribution >= 0.6 is 0 Å². The van der Waals surface area contributed by atoms with E-state index >= 15 is 0 Å². The van der Waals surface area contributed by atoms with Gasteiger partial charge >= 0.3 is 0 Å². The van der Waals surface area contributed by atoms with E-state index in [1.165, 1.54) is 199 Å². The second kappa shape index (κ2) is 30.7. The van der Waals surface area contributed by atoms with Crippen LogP contribution in [0.4, 0.5) is 0 Å². The molecule has 0 aliphatic rings. The molecule has 0 nitrogen and oxygen atoms in total. The van der Waals surface area contributed by atoms with Gasteiger partial charge in [-0.15, -0.1) is 0 Å². The van der Waals surface area contributed by atoms with Crippen molar-refractivity contribution < 1.29 is 0 Å². The van der Waals surface area contributed by atoms with Crippen LogP contribution in [0.25, 0.3) is 0 Å². The van der Waals surface area contributed by atoms with Crippen LogP contribution in [0, 0.1) is 6.92 Å². The first-order chi connectivity index (χ1) is 20.3. The van der Waals surface area contributed by atoms with Crippen molar-refractivity contribution >= 4 is 0 Å². The summed E-state index contributed by atoms with van der Waals surface area (Å²) in [6, 6.07) is 7.18. The largest absolute Gasteiger partial charge is 0.0654 e. The number of rotatable bonds is 32. The SMILES string of the molecule is [CH2]CCc1c(CCCCCCCCCCCCCCCC)cccc1CCCCCCCCCCCCCCCC. The second-order valence-electron chi connectivity index (χ2n) is 13.4. The predicted molar refractivity (Wildman–Crippen MR) is 188 cm³/mol. The van der Waals surface area contributed by atoms with Gasteiger partial charge in [0.2, 0.25) is 0 Å². The lowest BCUT2D eigenvalue weighted by atomic mass is 9.91. The highest BCUT2D eigenvalue weighted by Gasteiger charge is 2.08. The molecule has 0 amide bonds. The monoisotopic (exact) mass is 568 g/mol. The Hall–Kier alpha value is -0.780. The van der Waals surface area contributed by atoms with Crippen LogP contribution in [0.5, 0.6) is 0 Å². The Bertz CT molecular complexity index is 593. The van der Waals surface area contributed by atoms with Crippen LogP contribution in [0.15, 0.2) is 18.2 Å². The van der Waals surface area contributed by atoms with Crippen LogP contribution in [0.3, 0.4) is 0 Å². The van der Waals surface area contributed by atoms with Crippen LogP contribution in [-0.4, -0.2) is 0 Å². The third-order valence-corrected chi connectivity index (χ3v) is 9.40. The third-order valence-electron chi connectivity index (χ3n) is 9.40. The summed E-state index contributed by atoms with van der Waals surface area (Å²) in [5.74, 6) is 0. The van der Waals surface area contributed by atoms with Gasteiger partial charge in [-0.25, -0.2) is 0 Å². The van der Waals surface area contributed by atoms with E-state index in [9.17, 15) is 0 Å². The van der Waals surface area contributed by atoms with Gasteiger partial charge in [0.05, 0.1) is 0 Å². The number of unbranched alkanes of at least 4 members (excludes halogenated alkanes) is 26. The molecule has 1 aromatic rings. The van der Waals surface area contributed by atoms with E-state index in [-0.39, 0.29) is 0 Å². The van der Waals surface area contributed by atoms with Crippen LogP contribution in [-0.2, 0) is 19.3 Å². The average molecular weight is 568 g/mol. The summed E-state index contributed by atoms with van der Waals surface area (Å²) in [6.45, 7) is 8.82. The molecular weight excluding hydrogens is 492 g/mol. The molecule has 0 aliphatic carbocycles. The maximum Gasteiger partial charge on any atom is -0.0273 e. The van der Waals surface area contributed by atoms with E-state index in [2.05, 4.69) is 39.0 Å². The normalized spacial score (nSPS) is 11.5. The van der Waals surface area contributed by atoms with Crippen molar-refractivity contribution in [2.24, 2.45) is 0 Å². The van der Waals surface area contributed by atoms with Crippen LogP contribution in [0.1, 0.15) is 217 Å². The van der Waals surface area contributed by atoms with Gasteiger partial charge in [-0.1, -0.05) is 206 Å². The summed E-state index contributed by atoms with van der Waals surface area (Å²) < 4.78 is 0. The smallest absolute Gasteiger partial charge is 0.0273 e. The Labute approximate surface area is 260 Å². The number of benzene rings is 1. The van der Waals surface area contributed by atoms with Crippen molar-refractivity contribution in [2.45, 2.75) is 219 Å². The lowest BCUT2D eigenvalue weighted by Crippen LogP contribution is -2.01. The van der Waals surface area contributed by atoms with Gasteiger partial charge in [-0.3, -0.25) is 0 Å². The van der Waals surface area contributed by atoms with Crippen molar-refractivity contribution in [1.82, 2.24) is 0 Å². The Morgan fingerprint density at radius 1 is 0.366 bits per heavy atom. The quantitative estimate of drug-likeness (QED) is 0.0759. The molecule has 239 valence electrons. The minimum absolute atomic E-state index is 1.03.